The molecular weight excluding hydrogens is 336 g/mol. The Labute approximate surface area is 163 Å². The van der Waals surface area contributed by atoms with E-state index in [4.69, 9.17) is 4.74 Å². The summed E-state index contributed by atoms with van der Waals surface area (Å²) in [6, 6.07) is 10.3. The third-order valence-corrected chi connectivity index (χ3v) is 4.40. The highest BCUT2D eigenvalue weighted by atomic mass is 16.5. The normalized spacial score (nSPS) is 12.7. The molecule has 0 saturated heterocycles. The van der Waals surface area contributed by atoms with Gasteiger partial charge in [0.1, 0.15) is 0 Å². The highest BCUT2D eigenvalue weighted by Crippen LogP contribution is 2.15. The number of hydrogen-bond acceptors (Lipinski definition) is 3. The molecule has 0 aliphatic heterocycles. The van der Waals surface area contributed by atoms with Crippen molar-refractivity contribution in [3.63, 3.8) is 0 Å². The minimum absolute atomic E-state index is 0.0837. The number of hydrogen-bond donors (Lipinski definition) is 0. The van der Waals surface area contributed by atoms with Crippen LogP contribution >= 0.6 is 0 Å². The van der Waals surface area contributed by atoms with Gasteiger partial charge >= 0.3 is 5.97 Å². The molecule has 27 heavy (non-hydrogen) atoms. The van der Waals surface area contributed by atoms with Gasteiger partial charge in [-0.05, 0) is 50.7 Å². The molecule has 0 aromatic heterocycles. The predicted octanol–water partition coefficient (Wildman–Crippen LogP) is 5.62. The largest absolute Gasteiger partial charge is 0.466 e. The second kappa shape index (κ2) is 13.7. The summed E-state index contributed by atoms with van der Waals surface area (Å²) >= 11 is 0. The molecule has 0 bridgehead atoms. The van der Waals surface area contributed by atoms with Gasteiger partial charge in [0.25, 0.3) is 0 Å². The molecule has 0 fully saturated rings. The number of carbonyl (C=O) groups excluding carboxylic acids is 2. The Morgan fingerprint density at radius 2 is 1.89 bits per heavy atom. The van der Waals surface area contributed by atoms with E-state index >= 15 is 0 Å². The third-order valence-electron chi connectivity index (χ3n) is 4.40. The quantitative estimate of drug-likeness (QED) is 0.196. The fraction of sp³-hybridized carbons (Fsp3) is 0.417. The van der Waals surface area contributed by atoms with E-state index in [1.807, 2.05) is 38.1 Å². The second-order valence-electron chi connectivity index (χ2n) is 6.53. The lowest BCUT2D eigenvalue weighted by Crippen LogP contribution is -2.10. The Morgan fingerprint density at radius 3 is 2.52 bits per heavy atom. The summed E-state index contributed by atoms with van der Waals surface area (Å²) in [5, 5.41) is 0. The summed E-state index contributed by atoms with van der Waals surface area (Å²) in [7, 11) is 0. The summed E-state index contributed by atoms with van der Waals surface area (Å²) in [5.41, 5.74) is 2.23. The maximum absolute atomic E-state index is 12.0. The zero-order valence-corrected chi connectivity index (χ0v) is 16.7. The number of carbonyl (C=O) groups is 2. The molecule has 1 unspecified atom stereocenters. The number of ether oxygens (including phenoxy) is 1. The van der Waals surface area contributed by atoms with Crippen LogP contribution < -0.4 is 0 Å². The topological polar surface area (TPSA) is 43.4 Å². The van der Waals surface area contributed by atoms with Crippen molar-refractivity contribution in [1.29, 1.82) is 0 Å². The monoisotopic (exact) mass is 368 g/mol. The molecular formula is C24H32O3. The minimum atomic E-state index is -0.199. The van der Waals surface area contributed by atoms with Crippen LogP contribution in [0, 0.1) is 5.92 Å². The van der Waals surface area contributed by atoms with Gasteiger partial charge in [-0.15, -0.1) is 0 Å². The van der Waals surface area contributed by atoms with E-state index in [0.717, 1.165) is 31.3 Å². The van der Waals surface area contributed by atoms with E-state index in [0.29, 0.717) is 19.4 Å². The Morgan fingerprint density at radius 1 is 1.15 bits per heavy atom. The molecule has 146 valence electrons. The van der Waals surface area contributed by atoms with E-state index in [2.05, 4.69) is 18.7 Å². The van der Waals surface area contributed by atoms with E-state index in [1.165, 1.54) is 5.56 Å². The molecule has 1 aromatic carbocycles. The number of unbranched alkanes of at least 4 members (excludes halogenated alkanes) is 1. The predicted molar refractivity (Wildman–Crippen MR) is 111 cm³/mol. The summed E-state index contributed by atoms with van der Waals surface area (Å²) in [4.78, 5) is 23.9. The maximum Gasteiger partial charge on any atom is 0.306 e. The molecule has 1 aromatic rings. The van der Waals surface area contributed by atoms with E-state index < -0.39 is 0 Å². The van der Waals surface area contributed by atoms with Crippen LogP contribution in [0.15, 0.2) is 66.8 Å². The number of allylic oxidation sites excluding steroid dienone is 5. The SMILES string of the molecule is C=CC(=CC(CC)C(=O)C=CC)CCC(=O)OCCCCc1ccccc1. The van der Waals surface area contributed by atoms with Crippen LogP contribution in [-0.4, -0.2) is 18.4 Å². The van der Waals surface area contributed by atoms with Gasteiger partial charge in [-0.2, -0.15) is 0 Å². The number of benzene rings is 1. The fourth-order valence-corrected chi connectivity index (χ4v) is 2.78. The molecule has 1 rings (SSSR count). The van der Waals surface area contributed by atoms with Gasteiger partial charge in [0.2, 0.25) is 0 Å². The Hall–Kier alpha value is -2.42. The summed E-state index contributed by atoms with van der Waals surface area (Å²) in [5.74, 6) is -0.279. The van der Waals surface area contributed by atoms with Crippen LogP contribution in [0.3, 0.4) is 0 Å². The van der Waals surface area contributed by atoms with Crippen molar-refractivity contribution in [2.45, 2.75) is 52.4 Å². The molecule has 0 N–H and O–H groups in total. The molecule has 3 nitrogen and oxygen atoms in total. The van der Waals surface area contributed by atoms with Gasteiger partial charge in [0, 0.05) is 12.3 Å². The van der Waals surface area contributed by atoms with Gasteiger partial charge in [-0.1, -0.05) is 67.6 Å². The third kappa shape index (κ3) is 9.74. The van der Waals surface area contributed by atoms with Crippen molar-refractivity contribution in [3.8, 4) is 0 Å². The molecule has 0 saturated carbocycles. The summed E-state index contributed by atoms with van der Waals surface area (Å²) in [6.07, 6.45) is 11.4. The lowest BCUT2D eigenvalue weighted by atomic mass is 9.96. The van der Waals surface area contributed by atoms with Crippen molar-refractivity contribution in [1.82, 2.24) is 0 Å². The molecule has 0 radical (unpaired) electrons. The van der Waals surface area contributed by atoms with Crippen LogP contribution in [0.25, 0.3) is 0 Å². The summed E-state index contributed by atoms with van der Waals surface area (Å²) in [6.45, 7) is 8.06. The molecule has 0 heterocycles. The smallest absolute Gasteiger partial charge is 0.306 e. The Balaban J connectivity index is 2.31. The molecule has 0 aliphatic carbocycles. The molecule has 3 heteroatoms. The Bertz CT molecular complexity index is 641. The average molecular weight is 369 g/mol. The van der Waals surface area contributed by atoms with Crippen LogP contribution in [0.5, 0.6) is 0 Å². The van der Waals surface area contributed by atoms with E-state index in [1.54, 1.807) is 18.2 Å². The van der Waals surface area contributed by atoms with Gasteiger partial charge in [-0.25, -0.2) is 0 Å². The highest BCUT2D eigenvalue weighted by Gasteiger charge is 2.12. The fourth-order valence-electron chi connectivity index (χ4n) is 2.78. The first-order valence-corrected chi connectivity index (χ1v) is 9.79. The molecule has 0 amide bonds. The summed E-state index contributed by atoms with van der Waals surface area (Å²) < 4.78 is 5.31. The first-order chi connectivity index (χ1) is 13.1. The van der Waals surface area contributed by atoms with Crippen molar-refractivity contribution in [2.24, 2.45) is 5.92 Å². The zero-order valence-electron chi connectivity index (χ0n) is 16.7. The standard InChI is InChI=1S/C24H32O3/c1-4-12-23(25)22(6-3)19-20(5-2)16-17-24(26)27-18-11-10-15-21-13-8-7-9-14-21/h4-5,7-9,12-14,19,22H,2,6,10-11,15-18H2,1,3H3. The van der Waals surface area contributed by atoms with Gasteiger partial charge in [0.05, 0.1) is 6.61 Å². The molecule has 0 spiro atoms. The van der Waals surface area contributed by atoms with Gasteiger partial charge < -0.3 is 4.74 Å². The highest BCUT2D eigenvalue weighted by molar-refractivity contribution is 5.93. The second-order valence-corrected chi connectivity index (χ2v) is 6.53. The van der Waals surface area contributed by atoms with Crippen molar-refractivity contribution in [2.75, 3.05) is 6.61 Å². The van der Waals surface area contributed by atoms with Crippen molar-refractivity contribution < 1.29 is 14.3 Å². The molecule has 0 aliphatic rings. The average Bonchev–Trinajstić information content (AvgIpc) is 2.69. The minimum Gasteiger partial charge on any atom is -0.466 e. The number of ketones is 1. The lowest BCUT2D eigenvalue weighted by Gasteiger charge is -2.09. The number of rotatable bonds is 13. The zero-order chi connectivity index (χ0) is 19.9. The van der Waals surface area contributed by atoms with Gasteiger partial charge in [-0.3, -0.25) is 9.59 Å². The lowest BCUT2D eigenvalue weighted by molar-refractivity contribution is -0.143. The first-order valence-electron chi connectivity index (χ1n) is 9.79. The van der Waals surface area contributed by atoms with Crippen LogP contribution in [0.1, 0.15) is 51.5 Å². The van der Waals surface area contributed by atoms with E-state index in [-0.39, 0.29) is 17.7 Å². The van der Waals surface area contributed by atoms with Crippen LogP contribution in [-0.2, 0) is 20.7 Å². The van der Waals surface area contributed by atoms with Crippen molar-refractivity contribution >= 4 is 11.8 Å². The van der Waals surface area contributed by atoms with E-state index in [9.17, 15) is 9.59 Å². The Kier molecular flexibility index (Phi) is 11.5. The number of aryl methyl sites for hydroxylation is 1. The van der Waals surface area contributed by atoms with Crippen molar-refractivity contribution in [3.05, 3.63) is 72.4 Å². The maximum atomic E-state index is 12.0. The molecule has 1 atom stereocenters. The number of esters is 1. The van der Waals surface area contributed by atoms with Gasteiger partial charge in [0.15, 0.2) is 5.78 Å². The van der Waals surface area contributed by atoms with Crippen LogP contribution in [0.4, 0.5) is 0 Å². The first kappa shape index (κ1) is 22.6. The van der Waals surface area contributed by atoms with Crippen LogP contribution in [0.2, 0.25) is 0 Å².